The van der Waals surface area contributed by atoms with Gasteiger partial charge in [0.2, 0.25) is 5.91 Å². The number of carbonyl (C=O) groups excluding carboxylic acids is 2. The molecular formula is C13H26N2O3. The minimum Gasteiger partial charge on any atom is -0.469 e. The number of hydrogen-bond donors (Lipinski definition) is 1. The molecule has 0 rings (SSSR count). The van der Waals surface area contributed by atoms with E-state index in [0.717, 1.165) is 12.8 Å². The third kappa shape index (κ3) is 6.00. The highest BCUT2D eigenvalue weighted by molar-refractivity contribution is 5.81. The zero-order valence-electron chi connectivity index (χ0n) is 12.2. The van der Waals surface area contributed by atoms with Crippen molar-refractivity contribution in [2.45, 2.75) is 52.1 Å². The molecule has 0 aromatic rings. The van der Waals surface area contributed by atoms with E-state index in [0.29, 0.717) is 13.0 Å². The van der Waals surface area contributed by atoms with Crippen LogP contribution in [0.4, 0.5) is 0 Å². The predicted molar refractivity (Wildman–Crippen MR) is 71.2 cm³/mol. The fourth-order valence-electron chi connectivity index (χ4n) is 1.58. The molecule has 0 aromatic heterocycles. The lowest BCUT2D eigenvalue weighted by molar-refractivity contribution is -0.141. The molecule has 0 radical (unpaired) electrons. The van der Waals surface area contributed by atoms with Gasteiger partial charge in [-0.2, -0.15) is 0 Å². The first kappa shape index (κ1) is 16.9. The highest BCUT2D eigenvalue weighted by Gasteiger charge is 2.20. The number of carbonyl (C=O) groups is 2. The van der Waals surface area contributed by atoms with Crippen LogP contribution in [0.1, 0.15) is 40.0 Å². The number of hydrogen-bond acceptors (Lipinski definition) is 4. The number of esters is 1. The Hall–Kier alpha value is -1.10. The van der Waals surface area contributed by atoms with Crippen molar-refractivity contribution in [2.24, 2.45) is 0 Å². The second-order valence-corrected chi connectivity index (χ2v) is 4.50. The number of methoxy groups -OCH3 is 1. The van der Waals surface area contributed by atoms with Crippen LogP contribution in [0.25, 0.3) is 0 Å². The van der Waals surface area contributed by atoms with Gasteiger partial charge in [-0.3, -0.25) is 14.5 Å². The van der Waals surface area contributed by atoms with E-state index in [9.17, 15) is 9.59 Å². The summed E-state index contributed by atoms with van der Waals surface area (Å²) in [5.41, 5.74) is 0. The number of rotatable bonds is 8. The van der Waals surface area contributed by atoms with Crippen LogP contribution in [-0.2, 0) is 14.3 Å². The van der Waals surface area contributed by atoms with Crippen LogP contribution >= 0.6 is 0 Å². The number of amides is 1. The van der Waals surface area contributed by atoms with Crippen molar-refractivity contribution in [1.82, 2.24) is 10.2 Å². The van der Waals surface area contributed by atoms with Crippen molar-refractivity contribution in [2.75, 3.05) is 20.7 Å². The predicted octanol–water partition coefficient (Wildman–Crippen LogP) is 1.17. The maximum Gasteiger partial charge on any atom is 0.306 e. The molecule has 0 fully saturated rings. The first-order valence-electron chi connectivity index (χ1n) is 6.53. The Bertz CT molecular complexity index is 265. The molecule has 0 aliphatic rings. The molecule has 5 nitrogen and oxygen atoms in total. The molecule has 106 valence electrons. The fourth-order valence-corrected chi connectivity index (χ4v) is 1.58. The molecule has 0 bridgehead atoms. The topological polar surface area (TPSA) is 58.6 Å². The molecule has 1 amide bonds. The molecule has 0 aromatic carbocycles. The van der Waals surface area contributed by atoms with Gasteiger partial charge < -0.3 is 10.1 Å². The van der Waals surface area contributed by atoms with Crippen LogP contribution in [0.3, 0.4) is 0 Å². The first-order valence-corrected chi connectivity index (χ1v) is 6.53. The van der Waals surface area contributed by atoms with E-state index in [-0.39, 0.29) is 24.0 Å². The Morgan fingerprint density at radius 2 is 1.83 bits per heavy atom. The minimum absolute atomic E-state index is 0.0102. The molecular weight excluding hydrogens is 232 g/mol. The smallest absolute Gasteiger partial charge is 0.306 e. The largest absolute Gasteiger partial charge is 0.469 e. The highest BCUT2D eigenvalue weighted by Crippen LogP contribution is 2.02. The Balaban J connectivity index is 4.15. The summed E-state index contributed by atoms with van der Waals surface area (Å²) >= 11 is 0. The second kappa shape index (κ2) is 8.91. The van der Waals surface area contributed by atoms with Crippen molar-refractivity contribution in [3.63, 3.8) is 0 Å². The summed E-state index contributed by atoms with van der Waals surface area (Å²) in [6.45, 7) is 6.47. The van der Waals surface area contributed by atoms with Crippen LogP contribution in [0, 0.1) is 0 Å². The molecule has 0 aliphatic heterocycles. The summed E-state index contributed by atoms with van der Waals surface area (Å²) in [6, 6.07) is -0.00999. The SMILES string of the molecule is CCC(CC)NC(=O)C(C)N(C)CCC(=O)OC. The van der Waals surface area contributed by atoms with E-state index in [2.05, 4.69) is 23.9 Å². The molecule has 18 heavy (non-hydrogen) atoms. The molecule has 1 unspecified atom stereocenters. The van der Waals surface area contributed by atoms with Crippen LogP contribution < -0.4 is 5.32 Å². The second-order valence-electron chi connectivity index (χ2n) is 4.50. The Kier molecular flexibility index (Phi) is 8.37. The van der Waals surface area contributed by atoms with Gasteiger partial charge in [0.25, 0.3) is 0 Å². The van der Waals surface area contributed by atoms with Crippen LogP contribution in [0.2, 0.25) is 0 Å². The van der Waals surface area contributed by atoms with Crippen LogP contribution in [-0.4, -0.2) is 49.6 Å². The summed E-state index contributed by atoms with van der Waals surface area (Å²) in [5, 5.41) is 3.00. The van der Waals surface area contributed by atoms with Gasteiger partial charge in [0.05, 0.1) is 19.6 Å². The molecule has 0 spiro atoms. The Morgan fingerprint density at radius 1 is 1.28 bits per heavy atom. The van der Waals surface area contributed by atoms with Crippen LogP contribution in [0.15, 0.2) is 0 Å². The van der Waals surface area contributed by atoms with Gasteiger partial charge in [-0.15, -0.1) is 0 Å². The van der Waals surface area contributed by atoms with Crippen LogP contribution in [0.5, 0.6) is 0 Å². The third-order valence-corrected chi connectivity index (χ3v) is 3.27. The first-order chi connectivity index (χ1) is 8.46. The maximum atomic E-state index is 12.0. The van der Waals surface area contributed by atoms with Gasteiger partial charge in [-0.05, 0) is 26.8 Å². The lowest BCUT2D eigenvalue weighted by atomic mass is 10.1. The average Bonchev–Trinajstić information content (AvgIpc) is 2.40. The van der Waals surface area contributed by atoms with Gasteiger partial charge in [-0.1, -0.05) is 13.8 Å². The van der Waals surface area contributed by atoms with Gasteiger partial charge in [0.15, 0.2) is 0 Å². The lowest BCUT2D eigenvalue weighted by Crippen LogP contribution is -2.47. The third-order valence-electron chi connectivity index (χ3n) is 3.27. The average molecular weight is 258 g/mol. The van der Waals surface area contributed by atoms with Crippen molar-refractivity contribution in [3.05, 3.63) is 0 Å². The Labute approximate surface area is 110 Å². The monoisotopic (exact) mass is 258 g/mol. The van der Waals surface area contributed by atoms with E-state index in [1.807, 2.05) is 18.9 Å². The molecule has 1 atom stereocenters. The number of nitrogens with one attached hydrogen (secondary N) is 1. The van der Waals surface area contributed by atoms with E-state index < -0.39 is 0 Å². The lowest BCUT2D eigenvalue weighted by Gasteiger charge is -2.25. The van der Waals surface area contributed by atoms with E-state index in [1.54, 1.807) is 0 Å². The molecule has 0 saturated carbocycles. The zero-order chi connectivity index (χ0) is 14.1. The zero-order valence-corrected chi connectivity index (χ0v) is 12.2. The summed E-state index contributed by atoms with van der Waals surface area (Å²) in [6.07, 6.45) is 2.16. The van der Waals surface area contributed by atoms with Gasteiger partial charge >= 0.3 is 5.97 Å². The quantitative estimate of drug-likeness (QED) is 0.664. The minimum atomic E-state index is -0.255. The number of ether oxygens (including phenoxy) is 1. The summed E-state index contributed by atoms with van der Waals surface area (Å²) in [5.74, 6) is -0.245. The van der Waals surface area contributed by atoms with E-state index >= 15 is 0 Å². The number of likely N-dealkylation sites (N-methyl/N-ethyl adjacent to an activating group) is 1. The molecule has 0 heterocycles. The van der Waals surface area contributed by atoms with E-state index in [4.69, 9.17) is 0 Å². The molecule has 1 N–H and O–H groups in total. The van der Waals surface area contributed by atoms with Gasteiger partial charge in [0.1, 0.15) is 0 Å². The van der Waals surface area contributed by atoms with Crippen molar-refractivity contribution in [1.29, 1.82) is 0 Å². The standard InChI is InChI=1S/C13H26N2O3/c1-6-11(7-2)14-13(17)10(3)15(4)9-8-12(16)18-5/h10-11H,6-9H2,1-5H3,(H,14,17). The van der Waals surface area contributed by atoms with Gasteiger partial charge in [-0.25, -0.2) is 0 Å². The maximum absolute atomic E-state index is 12.0. The van der Waals surface area contributed by atoms with Crippen molar-refractivity contribution < 1.29 is 14.3 Å². The van der Waals surface area contributed by atoms with Gasteiger partial charge in [0, 0.05) is 12.6 Å². The normalized spacial score (nSPS) is 12.6. The molecule has 5 heteroatoms. The summed E-state index contributed by atoms with van der Waals surface area (Å²) in [7, 11) is 3.20. The molecule has 0 saturated heterocycles. The summed E-state index contributed by atoms with van der Waals surface area (Å²) < 4.78 is 4.57. The van der Waals surface area contributed by atoms with Crippen molar-refractivity contribution >= 4 is 11.9 Å². The Morgan fingerprint density at radius 3 is 2.28 bits per heavy atom. The van der Waals surface area contributed by atoms with Crippen molar-refractivity contribution in [3.8, 4) is 0 Å². The van der Waals surface area contributed by atoms with E-state index in [1.165, 1.54) is 7.11 Å². The summed E-state index contributed by atoms with van der Waals surface area (Å²) in [4.78, 5) is 24.8. The molecule has 0 aliphatic carbocycles. The number of nitrogens with zero attached hydrogens (tertiary/aromatic N) is 1. The fraction of sp³-hybridized carbons (Fsp3) is 0.846. The highest BCUT2D eigenvalue weighted by atomic mass is 16.5.